The highest BCUT2D eigenvalue weighted by Gasteiger charge is 2.17. The fraction of sp³-hybridized carbons (Fsp3) is 0.412. The molecule has 3 rings (SSSR count). The number of halogens is 1. The van der Waals surface area contributed by atoms with Crippen LogP contribution in [0.2, 0.25) is 0 Å². The molecular weight excluding hydrogens is 267 g/mol. The van der Waals surface area contributed by atoms with Gasteiger partial charge >= 0.3 is 0 Å². The summed E-state index contributed by atoms with van der Waals surface area (Å²) in [5.74, 6) is -0.684. The van der Waals surface area contributed by atoms with Crippen molar-refractivity contribution in [3.63, 3.8) is 0 Å². The van der Waals surface area contributed by atoms with Gasteiger partial charge in [0.2, 0.25) is 0 Å². The van der Waals surface area contributed by atoms with E-state index in [2.05, 4.69) is 5.10 Å². The second-order valence-corrected chi connectivity index (χ2v) is 5.66. The van der Waals surface area contributed by atoms with E-state index in [9.17, 15) is 9.18 Å². The van der Waals surface area contributed by atoms with Gasteiger partial charge in [-0.25, -0.2) is 4.39 Å². The third-order valence-electron chi connectivity index (χ3n) is 4.13. The van der Waals surface area contributed by atoms with Crippen LogP contribution in [0.5, 0.6) is 0 Å². The molecule has 110 valence electrons. The molecule has 1 aromatic carbocycles. The quantitative estimate of drug-likeness (QED) is 0.798. The Balaban J connectivity index is 1.69. The van der Waals surface area contributed by atoms with Crippen molar-refractivity contribution in [1.29, 1.82) is 0 Å². The first-order valence-corrected chi connectivity index (χ1v) is 7.56. The summed E-state index contributed by atoms with van der Waals surface area (Å²) in [7, 11) is 0. The zero-order valence-electron chi connectivity index (χ0n) is 12.0. The number of aromatic nitrogens is 2. The summed E-state index contributed by atoms with van der Waals surface area (Å²) >= 11 is 0. The van der Waals surface area contributed by atoms with Gasteiger partial charge in [-0.2, -0.15) is 5.10 Å². The molecule has 0 bridgehead atoms. The maximum absolute atomic E-state index is 13.6. The Hall–Kier alpha value is -1.97. The second kappa shape index (κ2) is 6.20. The molecule has 0 N–H and O–H groups in total. The Morgan fingerprint density at radius 3 is 2.71 bits per heavy atom. The van der Waals surface area contributed by atoms with Crippen LogP contribution in [0.3, 0.4) is 0 Å². The van der Waals surface area contributed by atoms with E-state index in [-0.39, 0.29) is 17.8 Å². The highest BCUT2D eigenvalue weighted by molar-refractivity contribution is 5.97. The molecule has 1 aliphatic carbocycles. The van der Waals surface area contributed by atoms with Gasteiger partial charge < -0.3 is 0 Å². The normalized spacial score (nSPS) is 16.0. The maximum atomic E-state index is 13.6. The molecule has 2 aromatic rings. The Morgan fingerprint density at radius 1 is 1.19 bits per heavy atom. The van der Waals surface area contributed by atoms with Crippen LogP contribution < -0.4 is 0 Å². The fourth-order valence-electron chi connectivity index (χ4n) is 2.97. The molecule has 21 heavy (non-hydrogen) atoms. The average Bonchev–Trinajstić information content (AvgIpc) is 2.97. The van der Waals surface area contributed by atoms with Gasteiger partial charge in [0.05, 0.1) is 23.7 Å². The number of nitrogens with zero attached hydrogens (tertiary/aromatic N) is 2. The second-order valence-electron chi connectivity index (χ2n) is 5.66. The number of hydrogen-bond acceptors (Lipinski definition) is 2. The third kappa shape index (κ3) is 3.20. The van der Waals surface area contributed by atoms with Crippen LogP contribution in [0.25, 0.3) is 0 Å². The minimum absolute atomic E-state index is 0.143. The van der Waals surface area contributed by atoms with E-state index in [1.54, 1.807) is 12.1 Å². The molecule has 1 aliphatic rings. The van der Waals surface area contributed by atoms with E-state index in [1.165, 1.54) is 31.4 Å². The summed E-state index contributed by atoms with van der Waals surface area (Å²) in [5.41, 5.74) is 0.860. The molecule has 4 heteroatoms. The lowest BCUT2D eigenvalue weighted by Crippen LogP contribution is -2.14. The lowest BCUT2D eigenvalue weighted by molar-refractivity contribution is 0.0987. The van der Waals surface area contributed by atoms with Crippen molar-refractivity contribution in [3.05, 3.63) is 53.6 Å². The van der Waals surface area contributed by atoms with Gasteiger partial charge in [0, 0.05) is 6.20 Å². The van der Waals surface area contributed by atoms with Crippen molar-refractivity contribution in [2.75, 3.05) is 0 Å². The van der Waals surface area contributed by atoms with E-state index in [4.69, 9.17) is 0 Å². The molecule has 0 saturated heterocycles. The van der Waals surface area contributed by atoms with E-state index >= 15 is 0 Å². The minimum atomic E-state index is -0.464. The van der Waals surface area contributed by atoms with Crippen molar-refractivity contribution in [3.8, 4) is 0 Å². The SMILES string of the molecule is O=C(Cc1ccn(C2CCCCC2)n1)c1ccccc1F. The highest BCUT2D eigenvalue weighted by Crippen LogP contribution is 2.27. The van der Waals surface area contributed by atoms with Crippen molar-refractivity contribution in [1.82, 2.24) is 9.78 Å². The Morgan fingerprint density at radius 2 is 1.95 bits per heavy atom. The number of carbonyl (C=O) groups is 1. The largest absolute Gasteiger partial charge is 0.294 e. The van der Waals surface area contributed by atoms with E-state index < -0.39 is 5.82 Å². The Labute approximate surface area is 123 Å². The van der Waals surface area contributed by atoms with E-state index in [0.717, 1.165) is 12.8 Å². The van der Waals surface area contributed by atoms with Gasteiger partial charge in [0.1, 0.15) is 5.82 Å². The zero-order chi connectivity index (χ0) is 14.7. The molecule has 0 spiro atoms. The van der Waals surface area contributed by atoms with Gasteiger partial charge in [-0.3, -0.25) is 9.48 Å². The number of hydrogen-bond donors (Lipinski definition) is 0. The van der Waals surface area contributed by atoms with Gasteiger partial charge in [-0.1, -0.05) is 31.4 Å². The molecule has 0 unspecified atom stereocenters. The number of benzene rings is 1. The molecule has 0 amide bonds. The van der Waals surface area contributed by atoms with Crippen LogP contribution in [0.15, 0.2) is 36.5 Å². The highest BCUT2D eigenvalue weighted by atomic mass is 19.1. The van der Waals surface area contributed by atoms with Gasteiger partial charge in [-0.05, 0) is 31.0 Å². The molecule has 0 aliphatic heterocycles. The van der Waals surface area contributed by atoms with Crippen LogP contribution in [0.4, 0.5) is 4.39 Å². The van der Waals surface area contributed by atoms with Gasteiger partial charge in [-0.15, -0.1) is 0 Å². The number of Topliss-reactive ketones (excluding diaryl/α,β-unsaturated/α-hetero) is 1. The predicted octanol–water partition coefficient (Wildman–Crippen LogP) is 3.95. The maximum Gasteiger partial charge on any atom is 0.171 e. The topological polar surface area (TPSA) is 34.9 Å². The summed E-state index contributed by atoms with van der Waals surface area (Å²) in [6.45, 7) is 0. The lowest BCUT2D eigenvalue weighted by Gasteiger charge is -2.21. The average molecular weight is 286 g/mol. The summed E-state index contributed by atoms with van der Waals surface area (Å²) in [6, 6.07) is 8.42. The number of rotatable bonds is 4. The van der Waals surface area contributed by atoms with Crippen molar-refractivity contribution in [2.45, 2.75) is 44.6 Å². The smallest absolute Gasteiger partial charge is 0.171 e. The molecule has 0 radical (unpaired) electrons. The van der Waals surface area contributed by atoms with Crippen LogP contribution in [0, 0.1) is 5.82 Å². The van der Waals surface area contributed by atoms with E-state index in [0.29, 0.717) is 11.7 Å². The summed E-state index contributed by atoms with van der Waals surface area (Å²) in [5, 5.41) is 4.50. The van der Waals surface area contributed by atoms with Crippen LogP contribution >= 0.6 is 0 Å². The standard InChI is InChI=1S/C17H19FN2O/c18-16-9-5-4-8-15(16)17(21)12-13-10-11-20(19-13)14-6-2-1-3-7-14/h4-5,8-11,14H,1-3,6-7,12H2. The Bertz CT molecular complexity index is 629. The van der Waals surface area contributed by atoms with Gasteiger partial charge in [0.15, 0.2) is 5.78 Å². The minimum Gasteiger partial charge on any atom is -0.294 e. The first-order chi connectivity index (χ1) is 10.2. The molecule has 1 aromatic heterocycles. The first kappa shape index (κ1) is 14.0. The van der Waals surface area contributed by atoms with Gasteiger partial charge in [0.25, 0.3) is 0 Å². The third-order valence-corrected chi connectivity index (χ3v) is 4.13. The predicted molar refractivity (Wildman–Crippen MR) is 78.8 cm³/mol. The van der Waals surface area contributed by atoms with Crippen molar-refractivity contribution >= 4 is 5.78 Å². The molecule has 1 heterocycles. The van der Waals surface area contributed by atoms with Crippen molar-refractivity contribution in [2.24, 2.45) is 0 Å². The summed E-state index contributed by atoms with van der Waals surface area (Å²) in [6.07, 6.45) is 8.20. The zero-order valence-corrected chi connectivity index (χ0v) is 12.0. The summed E-state index contributed by atoms with van der Waals surface area (Å²) in [4.78, 5) is 12.1. The van der Waals surface area contributed by atoms with Crippen molar-refractivity contribution < 1.29 is 9.18 Å². The molecule has 0 atom stereocenters. The number of ketones is 1. The Kier molecular flexibility index (Phi) is 4.13. The monoisotopic (exact) mass is 286 g/mol. The first-order valence-electron chi connectivity index (χ1n) is 7.56. The molecule has 1 saturated carbocycles. The fourth-order valence-corrected chi connectivity index (χ4v) is 2.97. The van der Waals surface area contributed by atoms with E-state index in [1.807, 2.05) is 16.9 Å². The molecule has 3 nitrogen and oxygen atoms in total. The van der Waals surface area contributed by atoms with Crippen LogP contribution in [-0.2, 0) is 6.42 Å². The van der Waals surface area contributed by atoms with Crippen LogP contribution in [-0.4, -0.2) is 15.6 Å². The number of carbonyl (C=O) groups excluding carboxylic acids is 1. The molecule has 1 fully saturated rings. The lowest BCUT2D eigenvalue weighted by atomic mass is 9.96. The molecular formula is C17H19FN2O. The van der Waals surface area contributed by atoms with Crippen LogP contribution in [0.1, 0.15) is 54.2 Å². The summed E-state index contributed by atoms with van der Waals surface area (Å²) < 4.78 is 15.6.